The number of amides is 1. The van der Waals surface area contributed by atoms with E-state index >= 15 is 0 Å². The van der Waals surface area contributed by atoms with E-state index < -0.39 is 0 Å². The van der Waals surface area contributed by atoms with Gasteiger partial charge in [-0.2, -0.15) is 5.10 Å². The van der Waals surface area contributed by atoms with Crippen LogP contribution in [0, 0.1) is 13.8 Å². The lowest BCUT2D eigenvalue weighted by molar-refractivity contribution is 0.102. The maximum atomic E-state index is 12.0. The second-order valence-electron chi connectivity index (χ2n) is 4.25. The number of aryl methyl sites for hydroxylation is 3. The number of aromatic nitrogens is 2. The summed E-state index contributed by atoms with van der Waals surface area (Å²) in [5, 5.41) is 7.53. The molecule has 0 bridgehead atoms. The third-order valence-corrected chi connectivity index (χ3v) is 3.06. The van der Waals surface area contributed by atoms with Gasteiger partial charge in [-0.1, -0.05) is 17.7 Å². The zero-order valence-corrected chi connectivity index (χ0v) is 11.2. The van der Waals surface area contributed by atoms with Crippen molar-refractivity contribution in [3.05, 3.63) is 46.2 Å². The van der Waals surface area contributed by atoms with Crippen LogP contribution in [0.3, 0.4) is 0 Å². The number of nitrogens with one attached hydrogen (secondary N) is 1. The molecule has 2 aromatic rings. The molecule has 1 N–H and O–H groups in total. The zero-order valence-electron chi connectivity index (χ0n) is 10.5. The molecule has 0 unspecified atom stereocenters. The predicted octanol–water partition coefficient (Wildman–Crippen LogP) is 2.94. The number of nitrogens with zero attached hydrogens (tertiary/aromatic N) is 2. The Kier molecular flexibility index (Phi) is 3.39. The molecule has 0 radical (unpaired) electrons. The first kappa shape index (κ1) is 12.6. The van der Waals surface area contributed by atoms with Crippen LogP contribution in [0.1, 0.15) is 21.6 Å². The number of carbonyl (C=O) groups is 1. The van der Waals surface area contributed by atoms with Crippen LogP contribution in [0.25, 0.3) is 0 Å². The molecule has 0 aliphatic carbocycles. The summed E-state index contributed by atoms with van der Waals surface area (Å²) in [5.74, 6) is -0.229. The van der Waals surface area contributed by atoms with Crippen molar-refractivity contribution in [1.29, 1.82) is 0 Å². The minimum atomic E-state index is -0.229. The number of hydrogen-bond acceptors (Lipinski definition) is 2. The van der Waals surface area contributed by atoms with Crippen molar-refractivity contribution in [3.63, 3.8) is 0 Å². The lowest BCUT2D eigenvalue weighted by atomic mass is 10.2. The van der Waals surface area contributed by atoms with E-state index in [1.54, 1.807) is 24.0 Å². The molecule has 18 heavy (non-hydrogen) atoms. The van der Waals surface area contributed by atoms with Crippen LogP contribution in [0.4, 0.5) is 5.69 Å². The number of anilines is 1. The van der Waals surface area contributed by atoms with E-state index in [0.717, 1.165) is 11.1 Å². The fourth-order valence-corrected chi connectivity index (χ4v) is 1.87. The number of carbonyl (C=O) groups excluding carboxylic acids is 1. The van der Waals surface area contributed by atoms with Crippen LogP contribution >= 0.6 is 11.6 Å². The molecule has 1 heterocycles. The van der Waals surface area contributed by atoms with E-state index in [0.29, 0.717) is 16.4 Å². The van der Waals surface area contributed by atoms with Crippen LogP contribution in [-0.4, -0.2) is 15.7 Å². The van der Waals surface area contributed by atoms with Gasteiger partial charge < -0.3 is 5.32 Å². The highest BCUT2D eigenvalue weighted by molar-refractivity contribution is 6.31. The van der Waals surface area contributed by atoms with Crippen molar-refractivity contribution in [1.82, 2.24) is 9.78 Å². The maximum Gasteiger partial charge on any atom is 0.276 e. The quantitative estimate of drug-likeness (QED) is 0.906. The largest absolute Gasteiger partial charge is 0.321 e. The number of benzene rings is 1. The smallest absolute Gasteiger partial charge is 0.276 e. The Morgan fingerprint density at radius 3 is 2.61 bits per heavy atom. The maximum absolute atomic E-state index is 12.0. The summed E-state index contributed by atoms with van der Waals surface area (Å²) in [6, 6.07) is 5.41. The van der Waals surface area contributed by atoms with Crippen molar-refractivity contribution < 1.29 is 4.79 Å². The standard InChI is InChI=1S/C13H14ClN3O/c1-8-4-5-10(6-11(8)14)15-13(18)12-9(2)7-17(3)16-12/h4-7H,1-3H3,(H,15,18). The highest BCUT2D eigenvalue weighted by atomic mass is 35.5. The molecule has 4 nitrogen and oxygen atoms in total. The van der Waals surface area contributed by atoms with Gasteiger partial charge in [0.05, 0.1) is 0 Å². The number of hydrogen-bond donors (Lipinski definition) is 1. The van der Waals surface area contributed by atoms with Gasteiger partial charge in [-0.3, -0.25) is 9.48 Å². The van der Waals surface area contributed by atoms with Gasteiger partial charge in [0.2, 0.25) is 0 Å². The van der Waals surface area contributed by atoms with E-state index in [1.165, 1.54) is 0 Å². The Bertz CT molecular complexity index is 604. The Labute approximate surface area is 111 Å². The van der Waals surface area contributed by atoms with Crippen LogP contribution in [0.2, 0.25) is 5.02 Å². The minimum absolute atomic E-state index is 0.229. The third-order valence-electron chi connectivity index (χ3n) is 2.66. The molecule has 2 rings (SSSR count). The molecular formula is C13H14ClN3O. The van der Waals surface area contributed by atoms with Gasteiger partial charge in [-0.05, 0) is 31.5 Å². The molecule has 94 valence electrons. The molecule has 1 aromatic heterocycles. The van der Waals surface area contributed by atoms with Crippen LogP contribution in [-0.2, 0) is 7.05 Å². The second-order valence-corrected chi connectivity index (χ2v) is 4.66. The highest BCUT2D eigenvalue weighted by Gasteiger charge is 2.13. The van der Waals surface area contributed by atoms with Crippen molar-refractivity contribution in [2.75, 3.05) is 5.32 Å². The average Bonchev–Trinajstić information content (AvgIpc) is 2.63. The molecule has 0 saturated heterocycles. The molecule has 1 amide bonds. The van der Waals surface area contributed by atoms with Crippen LogP contribution in [0.5, 0.6) is 0 Å². The summed E-state index contributed by atoms with van der Waals surface area (Å²) in [7, 11) is 1.78. The summed E-state index contributed by atoms with van der Waals surface area (Å²) in [4.78, 5) is 12.0. The Hall–Kier alpha value is -1.81. The number of rotatable bonds is 2. The zero-order chi connectivity index (χ0) is 13.3. The monoisotopic (exact) mass is 263 g/mol. The van der Waals surface area contributed by atoms with E-state index in [-0.39, 0.29) is 5.91 Å². The highest BCUT2D eigenvalue weighted by Crippen LogP contribution is 2.20. The predicted molar refractivity (Wildman–Crippen MR) is 72.1 cm³/mol. The summed E-state index contributed by atoms with van der Waals surface area (Å²) in [6.07, 6.45) is 1.80. The molecule has 0 spiro atoms. The van der Waals surface area contributed by atoms with Crippen molar-refractivity contribution in [2.24, 2.45) is 7.05 Å². The molecule has 0 aliphatic rings. The van der Waals surface area contributed by atoms with E-state index in [9.17, 15) is 4.79 Å². The SMILES string of the molecule is Cc1ccc(NC(=O)c2nn(C)cc2C)cc1Cl. The van der Waals surface area contributed by atoms with Crippen molar-refractivity contribution in [3.8, 4) is 0 Å². The minimum Gasteiger partial charge on any atom is -0.321 e. The van der Waals surface area contributed by atoms with Gasteiger partial charge in [0.1, 0.15) is 0 Å². The second kappa shape index (κ2) is 4.82. The fourth-order valence-electron chi connectivity index (χ4n) is 1.69. The average molecular weight is 264 g/mol. The Morgan fingerprint density at radius 2 is 2.06 bits per heavy atom. The van der Waals surface area contributed by atoms with Gasteiger partial charge in [0.15, 0.2) is 5.69 Å². The van der Waals surface area contributed by atoms with E-state index in [4.69, 9.17) is 11.6 Å². The van der Waals surface area contributed by atoms with Crippen LogP contribution in [0.15, 0.2) is 24.4 Å². The molecule has 1 aromatic carbocycles. The van der Waals surface area contributed by atoms with Gasteiger partial charge in [0.25, 0.3) is 5.91 Å². The normalized spacial score (nSPS) is 10.4. The first-order chi connectivity index (χ1) is 8.47. The summed E-state index contributed by atoms with van der Waals surface area (Å²) >= 11 is 6.01. The van der Waals surface area contributed by atoms with Gasteiger partial charge in [0, 0.05) is 29.5 Å². The topological polar surface area (TPSA) is 46.9 Å². The Balaban J connectivity index is 2.21. The summed E-state index contributed by atoms with van der Waals surface area (Å²) in [5.41, 5.74) is 2.91. The molecule has 0 atom stereocenters. The first-order valence-corrected chi connectivity index (χ1v) is 5.93. The van der Waals surface area contributed by atoms with Crippen molar-refractivity contribution in [2.45, 2.75) is 13.8 Å². The summed E-state index contributed by atoms with van der Waals surface area (Å²) < 4.78 is 1.62. The Morgan fingerprint density at radius 1 is 1.33 bits per heavy atom. The van der Waals surface area contributed by atoms with Gasteiger partial charge in [-0.15, -0.1) is 0 Å². The fraction of sp³-hybridized carbons (Fsp3) is 0.231. The lowest BCUT2D eigenvalue weighted by Gasteiger charge is -2.05. The molecule has 0 saturated carbocycles. The third kappa shape index (κ3) is 2.54. The summed E-state index contributed by atoms with van der Waals surface area (Å²) in [6.45, 7) is 3.76. The first-order valence-electron chi connectivity index (χ1n) is 5.55. The number of halogens is 1. The molecule has 0 fully saturated rings. The van der Waals surface area contributed by atoms with E-state index in [2.05, 4.69) is 10.4 Å². The van der Waals surface area contributed by atoms with E-state index in [1.807, 2.05) is 26.0 Å². The molecular weight excluding hydrogens is 250 g/mol. The molecule has 0 aliphatic heterocycles. The lowest BCUT2D eigenvalue weighted by Crippen LogP contribution is -2.14. The van der Waals surface area contributed by atoms with Gasteiger partial charge >= 0.3 is 0 Å². The van der Waals surface area contributed by atoms with Gasteiger partial charge in [-0.25, -0.2) is 0 Å². The van der Waals surface area contributed by atoms with Crippen LogP contribution < -0.4 is 5.32 Å². The molecule has 5 heteroatoms. The van der Waals surface area contributed by atoms with Crippen molar-refractivity contribution >= 4 is 23.2 Å².